The lowest BCUT2D eigenvalue weighted by Crippen LogP contribution is -2.10. The number of rotatable bonds is 4. The number of hydrogen-bond acceptors (Lipinski definition) is 2. The molecule has 2 nitrogen and oxygen atoms in total. The smallest absolute Gasteiger partial charge is 0.121 e. The van der Waals surface area contributed by atoms with Crippen molar-refractivity contribution in [1.82, 2.24) is 0 Å². The van der Waals surface area contributed by atoms with Crippen LogP contribution in [0.3, 0.4) is 0 Å². The number of aromatic hydroxyl groups is 2. The average Bonchev–Trinajstić information content (AvgIpc) is 2.81. The summed E-state index contributed by atoms with van der Waals surface area (Å²) >= 11 is 0. The Labute approximate surface area is 206 Å². The van der Waals surface area contributed by atoms with E-state index in [-0.39, 0.29) is 0 Å². The Bertz CT molecular complexity index is 1170. The standard InChI is InChI=1S/C32H42O2/c1-15-16(2)29(13-27-18(4)22(8)31(33)23(9)19(27)5)26(12)30(17(15)3)14-28-20(6)24(10)32(34)25(11)21(28)7/h33-34H,13-14H2,1-12H3. The second kappa shape index (κ2) is 9.13. The van der Waals surface area contributed by atoms with Crippen molar-refractivity contribution in [1.29, 1.82) is 0 Å². The van der Waals surface area contributed by atoms with Crippen LogP contribution in [-0.4, -0.2) is 10.2 Å². The Kier molecular flexibility index (Phi) is 6.95. The average molecular weight is 459 g/mol. The Morgan fingerprint density at radius 3 is 0.765 bits per heavy atom. The van der Waals surface area contributed by atoms with Crippen LogP contribution in [0.4, 0.5) is 0 Å². The molecule has 0 bridgehead atoms. The molecule has 3 aromatic rings. The van der Waals surface area contributed by atoms with E-state index in [1.807, 2.05) is 27.7 Å². The normalized spacial score (nSPS) is 11.4. The van der Waals surface area contributed by atoms with E-state index in [9.17, 15) is 10.2 Å². The van der Waals surface area contributed by atoms with Crippen molar-refractivity contribution in [3.63, 3.8) is 0 Å². The van der Waals surface area contributed by atoms with Crippen molar-refractivity contribution in [3.05, 3.63) is 89.0 Å². The Morgan fingerprint density at radius 1 is 0.294 bits per heavy atom. The minimum absolute atomic E-state index is 0.428. The van der Waals surface area contributed by atoms with Crippen LogP contribution in [-0.2, 0) is 12.8 Å². The lowest BCUT2D eigenvalue weighted by Gasteiger charge is -2.25. The third kappa shape index (κ3) is 3.91. The van der Waals surface area contributed by atoms with E-state index in [1.54, 1.807) is 0 Å². The van der Waals surface area contributed by atoms with Gasteiger partial charge in [0.1, 0.15) is 11.5 Å². The molecule has 0 amide bonds. The molecule has 0 radical (unpaired) electrons. The monoisotopic (exact) mass is 458 g/mol. The topological polar surface area (TPSA) is 40.5 Å². The Morgan fingerprint density at radius 2 is 0.500 bits per heavy atom. The molecule has 0 unspecified atom stereocenters. The highest BCUT2D eigenvalue weighted by atomic mass is 16.3. The molecule has 3 aromatic carbocycles. The molecule has 0 aromatic heterocycles. The van der Waals surface area contributed by atoms with Gasteiger partial charge in [0.25, 0.3) is 0 Å². The molecule has 0 aliphatic heterocycles. The maximum absolute atomic E-state index is 10.6. The summed E-state index contributed by atoms with van der Waals surface area (Å²) in [5.74, 6) is 0.856. The van der Waals surface area contributed by atoms with Crippen molar-refractivity contribution in [3.8, 4) is 11.5 Å². The van der Waals surface area contributed by atoms with Crippen molar-refractivity contribution in [2.45, 2.75) is 95.9 Å². The van der Waals surface area contributed by atoms with Crippen molar-refractivity contribution in [2.75, 3.05) is 0 Å². The molecule has 34 heavy (non-hydrogen) atoms. The molecule has 0 saturated carbocycles. The van der Waals surface area contributed by atoms with Gasteiger partial charge in [0.15, 0.2) is 0 Å². The van der Waals surface area contributed by atoms with Crippen LogP contribution in [0.5, 0.6) is 11.5 Å². The molecule has 0 fully saturated rings. The summed E-state index contributed by atoms with van der Waals surface area (Å²) in [5, 5.41) is 21.1. The minimum atomic E-state index is 0.428. The molecular formula is C32H42O2. The first kappa shape index (κ1) is 25.9. The van der Waals surface area contributed by atoms with Crippen LogP contribution >= 0.6 is 0 Å². The predicted octanol–water partition coefficient (Wildman–Crippen LogP) is 7.98. The lowest BCUT2D eigenvalue weighted by atomic mass is 9.80. The van der Waals surface area contributed by atoms with Gasteiger partial charge >= 0.3 is 0 Å². The Hall–Kier alpha value is -2.74. The number of phenols is 2. The zero-order valence-corrected chi connectivity index (χ0v) is 23.3. The van der Waals surface area contributed by atoms with E-state index >= 15 is 0 Å². The van der Waals surface area contributed by atoms with E-state index in [0.717, 1.165) is 35.1 Å². The summed E-state index contributed by atoms with van der Waals surface area (Å²) in [5.41, 5.74) is 19.6. The fraction of sp³-hybridized carbons (Fsp3) is 0.438. The Balaban J connectivity index is 2.24. The third-order valence-corrected chi connectivity index (χ3v) is 9.12. The fourth-order valence-electron chi connectivity index (χ4n) is 5.63. The van der Waals surface area contributed by atoms with E-state index in [2.05, 4.69) is 55.4 Å². The van der Waals surface area contributed by atoms with Crippen molar-refractivity contribution in [2.24, 2.45) is 0 Å². The maximum Gasteiger partial charge on any atom is 0.121 e. The van der Waals surface area contributed by atoms with E-state index in [1.165, 1.54) is 66.8 Å². The molecule has 3 rings (SSSR count). The van der Waals surface area contributed by atoms with Crippen LogP contribution in [0.1, 0.15) is 89.0 Å². The second-order valence-corrected chi connectivity index (χ2v) is 10.5. The van der Waals surface area contributed by atoms with E-state index in [0.29, 0.717) is 11.5 Å². The second-order valence-electron chi connectivity index (χ2n) is 10.5. The molecule has 2 N–H and O–H groups in total. The zero-order chi connectivity index (χ0) is 25.8. The van der Waals surface area contributed by atoms with Gasteiger partial charge in [-0.2, -0.15) is 0 Å². The molecule has 0 spiro atoms. The van der Waals surface area contributed by atoms with Crippen LogP contribution in [0.2, 0.25) is 0 Å². The van der Waals surface area contributed by atoms with Crippen LogP contribution < -0.4 is 0 Å². The minimum Gasteiger partial charge on any atom is -0.507 e. The van der Waals surface area contributed by atoms with Crippen LogP contribution in [0.25, 0.3) is 0 Å². The van der Waals surface area contributed by atoms with Crippen molar-refractivity contribution < 1.29 is 10.2 Å². The van der Waals surface area contributed by atoms with E-state index in [4.69, 9.17) is 0 Å². The molecule has 0 atom stereocenters. The fourth-order valence-corrected chi connectivity index (χ4v) is 5.63. The summed E-state index contributed by atoms with van der Waals surface area (Å²) in [6, 6.07) is 0. The summed E-state index contributed by atoms with van der Waals surface area (Å²) < 4.78 is 0. The zero-order valence-electron chi connectivity index (χ0n) is 23.3. The molecular weight excluding hydrogens is 416 g/mol. The van der Waals surface area contributed by atoms with Gasteiger partial charge in [0.2, 0.25) is 0 Å². The quantitative estimate of drug-likeness (QED) is 0.416. The summed E-state index contributed by atoms with van der Waals surface area (Å²) in [6.45, 7) is 25.7. The number of benzene rings is 3. The maximum atomic E-state index is 10.6. The van der Waals surface area contributed by atoms with Crippen LogP contribution in [0.15, 0.2) is 0 Å². The van der Waals surface area contributed by atoms with Gasteiger partial charge in [-0.25, -0.2) is 0 Å². The van der Waals surface area contributed by atoms with Gasteiger partial charge in [-0.15, -0.1) is 0 Å². The van der Waals surface area contributed by atoms with Gasteiger partial charge in [-0.1, -0.05) is 0 Å². The first-order valence-corrected chi connectivity index (χ1v) is 12.4. The van der Waals surface area contributed by atoms with Gasteiger partial charge in [0, 0.05) is 0 Å². The highest BCUT2D eigenvalue weighted by molar-refractivity contribution is 5.60. The van der Waals surface area contributed by atoms with Crippen molar-refractivity contribution >= 4 is 0 Å². The van der Waals surface area contributed by atoms with Gasteiger partial charge in [0.05, 0.1) is 0 Å². The summed E-state index contributed by atoms with van der Waals surface area (Å²) in [4.78, 5) is 0. The van der Waals surface area contributed by atoms with Gasteiger partial charge in [-0.3, -0.25) is 0 Å². The molecule has 0 heterocycles. The molecule has 2 heteroatoms. The van der Waals surface area contributed by atoms with Gasteiger partial charge in [-0.05, 0) is 185 Å². The largest absolute Gasteiger partial charge is 0.507 e. The molecule has 182 valence electrons. The first-order chi connectivity index (χ1) is 15.7. The highest BCUT2D eigenvalue weighted by Crippen LogP contribution is 2.38. The van der Waals surface area contributed by atoms with Crippen LogP contribution in [0, 0.1) is 83.1 Å². The highest BCUT2D eigenvalue weighted by Gasteiger charge is 2.21. The predicted molar refractivity (Wildman–Crippen MR) is 145 cm³/mol. The first-order valence-electron chi connectivity index (χ1n) is 12.4. The lowest BCUT2D eigenvalue weighted by molar-refractivity contribution is 0.465. The summed E-state index contributed by atoms with van der Waals surface area (Å²) in [7, 11) is 0. The van der Waals surface area contributed by atoms with Gasteiger partial charge < -0.3 is 10.2 Å². The SMILES string of the molecule is Cc1c(C)c(Cc2c(C)c(C)c(O)c(C)c2C)c(C)c(Cc2c(C)c(C)c(O)c(C)c2C)c1C. The van der Waals surface area contributed by atoms with E-state index < -0.39 is 0 Å². The molecule has 0 aliphatic rings. The number of hydrogen-bond donors (Lipinski definition) is 2. The molecule has 0 saturated heterocycles. The third-order valence-electron chi connectivity index (χ3n) is 9.12. The molecule has 0 aliphatic carbocycles. The number of phenolic OH excluding ortho intramolecular Hbond substituents is 2. The summed E-state index contributed by atoms with van der Waals surface area (Å²) in [6.07, 6.45) is 1.74.